The quantitative estimate of drug-likeness (QED) is 0.673. The molecule has 29 heavy (non-hydrogen) atoms. The molecule has 0 radical (unpaired) electrons. The number of aromatic nitrogens is 1. The Balaban J connectivity index is 1.51. The van der Waals surface area contributed by atoms with Crippen molar-refractivity contribution in [2.75, 3.05) is 26.4 Å². The van der Waals surface area contributed by atoms with E-state index >= 15 is 0 Å². The molecule has 4 rings (SSSR count). The third-order valence-corrected chi connectivity index (χ3v) is 4.34. The standard InChI is InChI=1S/C23H23NO5/c1-3-10-22-20(8-1)25-13-14-26-21-9-2-4-11-23(21)29-17-19(16-28-22)27-15-18-7-5-6-12-24-18/h1-12,19H,13-17H2. The van der Waals surface area contributed by atoms with E-state index in [9.17, 15) is 0 Å². The Kier molecular flexibility index (Phi) is 6.45. The van der Waals surface area contributed by atoms with Crippen molar-refractivity contribution in [1.29, 1.82) is 0 Å². The van der Waals surface area contributed by atoms with Gasteiger partial charge >= 0.3 is 0 Å². The Morgan fingerprint density at radius 2 is 1.21 bits per heavy atom. The van der Waals surface area contributed by atoms with Crippen LogP contribution in [0.2, 0.25) is 0 Å². The van der Waals surface area contributed by atoms with E-state index in [2.05, 4.69) is 4.98 Å². The second kappa shape index (κ2) is 9.80. The summed E-state index contributed by atoms with van der Waals surface area (Å²) in [6.07, 6.45) is 1.44. The fourth-order valence-electron chi connectivity index (χ4n) is 2.88. The normalized spacial score (nSPS) is 14.9. The lowest BCUT2D eigenvalue weighted by Crippen LogP contribution is -2.29. The molecule has 6 nitrogen and oxygen atoms in total. The number of pyridine rings is 1. The van der Waals surface area contributed by atoms with E-state index < -0.39 is 0 Å². The summed E-state index contributed by atoms with van der Waals surface area (Å²) in [5, 5.41) is 0. The molecular formula is C23H23NO5. The van der Waals surface area contributed by atoms with Gasteiger partial charge in [0.2, 0.25) is 0 Å². The molecule has 0 saturated carbocycles. The molecule has 0 aliphatic carbocycles. The average Bonchev–Trinajstić information content (AvgIpc) is 2.79. The minimum Gasteiger partial charge on any atom is -0.487 e. The van der Waals surface area contributed by atoms with Crippen molar-refractivity contribution in [3.8, 4) is 23.0 Å². The maximum atomic E-state index is 6.04. The molecule has 6 heteroatoms. The first kappa shape index (κ1) is 19.1. The van der Waals surface area contributed by atoms with E-state index in [-0.39, 0.29) is 6.10 Å². The van der Waals surface area contributed by atoms with Gasteiger partial charge in [-0.05, 0) is 36.4 Å². The molecule has 1 aliphatic rings. The number of hydrogen-bond acceptors (Lipinski definition) is 6. The number of fused-ring (bicyclic) bond motifs is 2. The molecule has 0 amide bonds. The minimum absolute atomic E-state index is 0.307. The Bertz CT molecular complexity index is 849. The number of rotatable bonds is 3. The van der Waals surface area contributed by atoms with Gasteiger partial charge in [-0.15, -0.1) is 0 Å². The molecule has 3 aromatic rings. The summed E-state index contributed by atoms with van der Waals surface area (Å²) in [5.41, 5.74) is 0.850. The topological polar surface area (TPSA) is 59.0 Å². The number of hydrogen-bond donors (Lipinski definition) is 0. The van der Waals surface area contributed by atoms with Crippen LogP contribution in [0.25, 0.3) is 0 Å². The molecule has 0 N–H and O–H groups in total. The van der Waals surface area contributed by atoms with Crippen LogP contribution in [0.4, 0.5) is 0 Å². The zero-order valence-electron chi connectivity index (χ0n) is 16.0. The highest BCUT2D eigenvalue weighted by atomic mass is 16.6. The fraction of sp³-hybridized carbons (Fsp3) is 0.261. The Labute approximate surface area is 170 Å². The van der Waals surface area contributed by atoms with Gasteiger partial charge in [0, 0.05) is 6.20 Å². The molecule has 2 heterocycles. The second-order valence-electron chi connectivity index (χ2n) is 6.47. The summed E-state index contributed by atoms with van der Waals surface area (Å²) in [4.78, 5) is 4.30. The molecule has 0 unspecified atom stereocenters. The molecular weight excluding hydrogens is 370 g/mol. The third kappa shape index (κ3) is 5.39. The van der Waals surface area contributed by atoms with Gasteiger partial charge in [-0.25, -0.2) is 0 Å². The van der Waals surface area contributed by atoms with E-state index in [1.54, 1.807) is 6.20 Å². The summed E-state index contributed by atoms with van der Waals surface area (Å²) in [6, 6.07) is 20.9. The number of benzene rings is 2. The van der Waals surface area contributed by atoms with E-state index in [0.717, 1.165) is 5.69 Å². The van der Waals surface area contributed by atoms with Crippen molar-refractivity contribution < 1.29 is 23.7 Å². The molecule has 1 aromatic heterocycles. The summed E-state index contributed by atoms with van der Waals surface area (Å²) in [6.45, 7) is 1.80. The Morgan fingerprint density at radius 1 is 0.690 bits per heavy atom. The smallest absolute Gasteiger partial charge is 0.161 e. The van der Waals surface area contributed by atoms with E-state index in [1.807, 2.05) is 66.7 Å². The van der Waals surface area contributed by atoms with Crippen LogP contribution >= 0.6 is 0 Å². The van der Waals surface area contributed by atoms with Gasteiger partial charge in [-0.3, -0.25) is 4.98 Å². The molecule has 0 atom stereocenters. The zero-order chi connectivity index (χ0) is 19.7. The van der Waals surface area contributed by atoms with Crippen molar-refractivity contribution in [1.82, 2.24) is 4.98 Å². The van der Waals surface area contributed by atoms with Gasteiger partial charge in [0.25, 0.3) is 0 Å². The second-order valence-corrected chi connectivity index (χ2v) is 6.47. The Hall–Kier alpha value is -3.25. The van der Waals surface area contributed by atoms with Gasteiger partial charge in [0.1, 0.15) is 32.5 Å². The molecule has 0 spiro atoms. The average molecular weight is 393 g/mol. The first-order chi connectivity index (χ1) is 14.4. The van der Waals surface area contributed by atoms with Gasteiger partial charge in [0.05, 0.1) is 12.3 Å². The van der Waals surface area contributed by atoms with Crippen LogP contribution in [0.3, 0.4) is 0 Å². The first-order valence-corrected chi connectivity index (χ1v) is 9.59. The molecule has 0 fully saturated rings. The zero-order valence-corrected chi connectivity index (χ0v) is 16.0. The van der Waals surface area contributed by atoms with Crippen molar-refractivity contribution in [2.24, 2.45) is 0 Å². The monoisotopic (exact) mass is 393 g/mol. The maximum absolute atomic E-state index is 6.04. The maximum Gasteiger partial charge on any atom is 0.161 e. The van der Waals surface area contributed by atoms with Gasteiger partial charge in [0.15, 0.2) is 23.0 Å². The van der Waals surface area contributed by atoms with E-state index in [1.165, 1.54) is 0 Å². The summed E-state index contributed by atoms with van der Waals surface area (Å²) >= 11 is 0. The Morgan fingerprint density at radius 3 is 1.72 bits per heavy atom. The lowest BCUT2D eigenvalue weighted by Gasteiger charge is -2.20. The van der Waals surface area contributed by atoms with Crippen molar-refractivity contribution in [3.05, 3.63) is 78.6 Å². The van der Waals surface area contributed by atoms with E-state index in [4.69, 9.17) is 23.7 Å². The van der Waals surface area contributed by atoms with Gasteiger partial charge in [-0.2, -0.15) is 0 Å². The van der Waals surface area contributed by atoms with Crippen LogP contribution in [0.1, 0.15) is 5.69 Å². The van der Waals surface area contributed by atoms with Crippen LogP contribution in [0.5, 0.6) is 23.0 Å². The van der Waals surface area contributed by atoms with Gasteiger partial charge < -0.3 is 23.7 Å². The largest absolute Gasteiger partial charge is 0.487 e. The summed E-state index contributed by atoms with van der Waals surface area (Å²) in [5.74, 6) is 2.67. The highest BCUT2D eigenvalue weighted by molar-refractivity contribution is 5.40. The number of nitrogens with zero attached hydrogens (tertiary/aromatic N) is 1. The van der Waals surface area contributed by atoms with Crippen molar-refractivity contribution in [3.63, 3.8) is 0 Å². The lowest BCUT2D eigenvalue weighted by molar-refractivity contribution is -0.0185. The highest BCUT2D eigenvalue weighted by Crippen LogP contribution is 2.29. The molecule has 2 aromatic carbocycles. The molecule has 0 saturated heterocycles. The highest BCUT2D eigenvalue weighted by Gasteiger charge is 2.16. The van der Waals surface area contributed by atoms with Crippen molar-refractivity contribution in [2.45, 2.75) is 12.7 Å². The lowest BCUT2D eigenvalue weighted by atomic mass is 10.3. The van der Waals surface area contributed by atoms with Gasteiger partial charge in [-0.1, -0.05) is 30.3 Å². The SMILES string of the molecule is c1ccc(COC2COc3ccccc3OCCOc3ccccc3OC2)nc1. The summed E-state index contributed by atoms with van der Waals surface area (Å²) < 4.78 is 29.7. The van der Waals surface area contributed by atoms with Crippen LogP contribution in [0.15, 0.2) is 72.9 Å². The number of ether oxygens (including phenoxy) is 5. The van der Waals surface area contributed by atoms with Crippen LogP contribution in [0, 0.1) is 0 Å². The third-order valence-electron chi connectivity index (χ3n) is 4.34. The number of para-hydroxylation sites is 4. The van der Waals surface area contributed by atoms with Crippen LogP contribution in [-0.4, -0.2) is 37.5 Å². The molecule has 1 aliphatic heterocycles. The molecule has 0 bridgehead atoms. The minimum atomic E-state index is -0.307. The predicted molar refractivity (Wildman–Crippen MR) is 108 cm³/mol. The first-order valence-electron chi connectivity index (χ1n) is 9.59. The predicted octanol–water partition coefficient (Wildman–Crippen LogP) is 3.90. The van der Waals surface area contributed by atoms with Crippen LogP contribution in [-0.2, 0) is 11.3 Å². The summed E-state index contributed by atoms with van der Waals surface area (Å²) in [7, 11) is 0. The fourth-order valence-corrected chi connectivity index (χ4v) is 2.88. The van der Waals surface area contributed by atoms with Crippen molar-refractivity contribution >= 4 is 0 Å². The molecule has 150 valence electrons. The van der Waals surface area contributed by atoms with E-state index in [0.29, 0.717) is 56.0 Å². The van der Waals surface area contributed by atoms with Crippen LogP contribution < -0.4 is 18.9 Å².